The highest BCUT2D eigenvalue weighted by Crippen LogP contribution is 2.32. The Bertz CT molecular complexity index is 754. The summed E-state index contributed by atoms with van der Waals surface area (Å²) in [6, 6.07) is 3.96. The summed E-state index contributed by atoms with van der Waals surface area (Å²) < 4.78 is 32.1. The van der Waals surface area contributed by atoms with E-state index in [-0.39, 0.29) is 34.8 Å². The Kier molecular flexibility index (Phi) is 6.80. The van der Waals surface area contributed by atoms with Crippen molar-refractivity contribution in [2.45, 2.75) is 17.4 Å². The molecule has 11 heteroatoms. The molecule has 2 heterocycles. The van der Waals surface area contributed by atoms with Gasteiger partial charge in [-0.25, -0.2) is 8.42 Å². The van der Waals surface area contributed by atoms with Crippen molar-refractivity contribution in [2.24, 2.45) is 0 Å². The highest BCUT2D eigenvalue weighted by molar-refractivity contribution is 7.89. The van der Waals surface area contributed by atoms with Crippen LogP contribution in [-0.4, -0.2) is 75.0 Å². The smallest absolute Gasteiger partial charge is 0.312 e. The minimum Gasteiger partial charge on any atom is -0.490 e. The number of nitrogens with zero attached hydrogens (tertiary/aromatic N) is 3. The van der Waals surface area contributed by atoms with Gasteiger partial charge < -0.3 is 10.1 Å². The number of halogens is 1. The fourth-order valence-corrected chi connectivity index (χ4v) is 4.91. The number of ether oxygens (including phenoxy) is 1. The monoisotopic (exact) mass is 406 g/mol. The molecule has 1 unspecified atom stereocenters. The summed E-state index contributed by atoms with van der Waals surface area (Å²) in [4.78, 5) is 12.8. The van der Waals surface area contributed by atoms with Crippen molar-refractivity contribution >= 4 is 28.1 Å². The van der Waals surface area contributed by atoms with Crippen LogP contribution in [0.2, 0.25) is 0 Å². The molecule has 2 fully saturated rings. The van der Waals surface area contributed by atoms with E-state index in [1.165, 1.54) is 23.5 Å². The van der Waals surface area contributed by atoms with E-state index in [4.69, 9.17) is 4.74 Å². The predicted molar refractivity (Wildman–Crippen MR) is 98.5 cm³/mol. The Labute approximate surface area is 158 Å². The van der Waals surface area contributed by atoms with E-state index in [1.807, 2.05) is 0 Å². The van der Waals surface area contributed by atoms with E-state index in [0.717, 1.165) is 38.7 Å². The lowest BCUT2D eigenvalue weighted by Crippen LogP contribution is -2.49. The number of hydrogen-bond donors (Lipinski definition) is 1. The summed E-state index contributed by atoms with van der Waals surface area (Å²) in [5.41, 5.74) is -0.346. The maximum Gasteiger partial charge on any atom is 0.312 e. The topological polar surface area (TPSA) is 105 Å². The van der Waals surface area contributed by atoms with Gasteiger partial charge in [-0.15, -0.1) is 12.4 Å². The quantitative estimate of drug-likeness (QED) is 0.566. The van der Waals surface area contributed by atoms with Crippen LogP contribution in [0.1, 0.15) is 6.42 Å². The second-order valence-electron chi connectivity index (χ2n) is 6.18. The molecule has 2 saturated heterocycles. The van der Waals surface area contributed by atoms with E-state index >= 15 is 0 Å². The Morgan fingerprint density at radius 3 is 2.58 bits per heavy atom. The largest absolute Gasteiger partial charge is 0.490 e. The first-order valence-electron chi connectivity index (χ1n) is 8.21. The van der Waals surface area contributed by atoms with E-state index < -0.39 is 14.9 Å². The SMILES string of the molecule is COc1ccc(S(=O)(=O)N2CCC(N3CCNCC3)C2)cc1[N+](=O)[O-].Cl. The predicted octanol–water partition coefficient (Wildman–Crippen LogP) is 0.693. The highest BCUT2D eigenvalue weighted by Gasteiger charge is 2.36. The molecule has 0 amide bonds. The molecular formula is C15H23ClN4O5S. The van der Waals surface area contributed by atoms with E-state index in [0.29, 0.717) is 13.1 Å². The van der Waals surface area contributed by atoms with Crippen molar-refractivity contribution in [3.8, 4) is 5.75 Å². The summed E-state index contributed by atoms with van der Waals surface area (Å²) in [7, 11) is -2.45. The minimum absolute atomic E-state index is 0. The molecule has 0 saturated carbocycles. The molecule has 2 aliphatic rings. The molecule has 0 spiro atoms. The number of nitro benzene ring substituents is 1. The van der Waals surface area contributed by atoms with Crippen molar-refractivity contribution in [1.82, 2.24) is 14.5 Å². The van der Waals surface area contributed by atoms with Crippen molar-refractivity contribution in [3.05, 3.63) is 28.3 Å². The maximum absolute atomic E-state index is 12.9. The highest BCUT2D eigenvalue weighted by atomic mass is 35.5. The van der Waals surface area contributed by atoms with Crippen LogP contribution in [0.25, 0.3) is 0 Å². The Balaban J connectivity index is 0.00000243. The summed E-state index contributed by atoms with van der Waals surface area (Å²) in [5.74, 6) is 0.0454. The molecule has 1 N–H and O–H groups in total. The number of benzene rings is 1. The molecule has 3 rings (SSSR count). The molecule has 0 bridgehead atoms. The van der Waals surface area contributed by atoms with Crippen molar-refractivity contribution in [2.75, 3.05) is 46.4 Å². The third-order valence-electron chi connectivity index (χ3n) is 4.78. The number of piperazine rings is 1. The Morgan fingerprint density at radius 2 is 1.96 bits per heavy atom. The zero-order valence-electron chi connectivity index (χ0n) is 14.5. The standard InChI is InChI=1S/C15H22N4O5S.ClH/c1-24-15-3-2-13(10-14(15)19(20)21)25(22,23)18-7-4-12(11-18)17-8-5-16-6-9-17;/h2-3,10,12,16H,4-9,11H2,1H3;1H. The average molecular weight is 407 g/mol. The molecule has 0 aromatic heterocycles. The first-order valence-corrected chi connectivity index (χ1v) is 9.65. The lowest BCUT2D eigenvalue weighted by atomic mass is 10.2. The van der Waals surface area contributed by atoms with Gasteiger partial charge in [0.1, 0.15) is 0 Å². The fraction of sp³-hybridized carbons (Fsp3) is 0.600. The van der Waals surface area contributed by atoms with Gasteiger partial charge in [-0.2, -0.15) is 4.31 Å². The van der Waals surface area contributed by atoms with E-state index in [9.17, 15) is 18.5 Å². The van der Waals surface area contributed by atoms with Crippen LogP contribution in [-0.2, 0) is 10.0 Å². The van der Waals surface area contributed by atoms with Gasteiger partial charge in [-0.3, -0.25) is 15.0 Å². The van der Waals surface area contributed by atoms with Gasteiger partial charge in [0.05, 0.1) is 16.9 Å². The van der Waals surface area contributed by atoms with Crippen LogP contribution in [0.15, 0.2) is 23.1 Å². The molecule has 1 aromatic carbocycles. The lowest BCUT2D eigenvalue weighted by molar-refractivity contribution is -0.386. The number of methoxy groups -OCH3 is 1. The molecule has 26 heavy (non-hydrogen) atoms. The maximum atomic E-state index is 12.9. The van der Waals surface area contributed by atoms with Gasteiger partial charge in [0.2, 0.25) is 10.0 Å². The summed E-state index contributed by atoms with van der Waals surface area (Å²) in [6.07, 6.45) is 0.775. The zero-order valence-corrected chi connectivity index (χ0v) is 16.1. The number of hydrogen-bond acceptors (Lipinski definition) is 7. The van der Waals surface area contributed by atoms with Gasteiger partial charge in [0.25, 0.3) is 0 Å². The molecule has 2 aliphatic heterocycles. The van der Waals surface area contributed by atoms with Crippen LogP contribution < -0.4 is 10.1 Å². The average Bonchev–Trinajstić information content (AvgIpc) is 3.12. The second-order valence-corrected chi connectivity index (χ2v) is 8.12. The number of rotatable bonds is 5. The van der Waals surface area contributed by atoms with Gasteiger partial charge >= 0.3 is 5.69 Å². The summed E-state index contributed by atoms with van der Waals surface area (Å²) in [6.45, 7) is 4.49. The van der Waals surface area contributed by atoms with Crippen LogP contribution in [0, 0.1) is 10.1 Å². The van der Waals surface area contributed by atoms with Crippen molar-refractivity contribution in [1.29, 1.82) is 0 Å². The van der Waals surface area contributed by atoms with Crippen LogP contribution in [0.4, 0.5) is 5.69 Å². The second kappa shape index (κ2) is 8.49. The van der Waals surface area contributed by atoms with Crippen LogP contribution >= 0.6 is 12.4 Å². The number of nitrogens with one attached hydrogen (secondary N) is 1. The molecule has 0 radical (unpaired) electrons. The lowest BCUT2D eigenvalue weighted by Gasteiger charge is -2.32. The Morgan fingerprint density at radius 1 is 1.27 bits per heavy atom. The molecule has 1 atom stereocenters. The van der Waals surface area contributed by atoms with E-state index in [1.54, 1.807) is 0 Å². The van der Waals surface area contributed by atoms with Crippen LogP contribution in [0.5, 0.6) is 5.75 Å². The molecule has 0 aliphatic carbocycles. The van der Waals surface area contributed by atoms with Crippen molar-refractivity contribution in [3.63, 3.8) is 0 Å². The van der Waals surface area contributed by atoms with Gasteiger partial charge in [0, 0.05) is 51.4 Å². The van der Waals surface area contributed by atoms with Crippen molar-refractivity contribution < 1.29 is 18.1 Å². The number of nitro groups is 1. The first kappa shape index (κ1) is 20.8. The number of sulfonamides is 1. The first-order chi connectivity index (χ1) is 11.9. The van der Waals surface area contributed by atoms with E-state index in [2.05, 4.69) is 10.2 Å². The van der Waals surface area contributed by atoms with Crippen LogP contribution in [0.3, 0.4) is 0 Å². The molecule has 146 valence electrons. The summed E-state index contributed by atoms with van der Waals surface area (Å²) >= 11 is 0. The Hall–Kier alpha value is -1.46. The third kappa shape index (κ3) is 4.09. The molecule has 1 aromatic rings. The minimum atomic E-state index is -3.76. The summed E-state index contributed by atoms with van der Waals surface area (Å²) in [5, 5.41) is 14.4. The molecular weight excluding hydrogens is 384 g/mol. The van der Waals surface area contributed by atoms with Gasteiger partial charge in [-0.05, 0) is 18.6 Å². The molecule has 9 nitrogen and oxygen atoms in total. The normalized spacial score (nSPS) is 22.0. The van der Waals surface area contributed by atoms with Gasteiger partial charge in [-0.1, -0.05) is 0 Å². The zero-order chi connectivity index (χ0) is 18.0. The third-order valence-corrected chi connectivity index (χ3v) is 6.64. The van der Waals surface area contributed by atoms with Gasteiger partial charge in [0.15, 0.2) is 5.75 Å². The fourth-order valence-electron chi connectivity index (χ4n) is 3.40.